The zero-order valence-electron chi connectivity index (χ0n) is 9.77. The summed E-state index contributed by atoms with van der Waals surface area (Å²) in [6.45, 7) is 4.50. The van der Waals surface area contributed by atoms with Gasteiger partial charge >= 0.3 is 12.0 Å². The van der Waals surface area contributed by atoms with Gasteiger partial charge in [0.2, 0.25) is 0 Å². The Hall–Kier alpha value is -1.30. The number of likely N-dealkylation sites (N-methyl/N-ethyl adjacent to an activating group) is 1. The second-order valence-corrected chi connectivity index (χ2v) is 4.00. The van der Waals surface area contributed by atoms with E-state index in [2.05, 4.69) is 5.32 Å². The molecule has 0 aromatic heterocycles. The van der Waals surface area contributed by atoms with Crippen LogP contribution in [0.5, 0.6) is 0 Å². The Balaban J connectivity index is 2.57. The number of urea groups is 1. The lowest BCUT2D eigenvalue weighted by atomic mass is 10.3. The molecule has 1 heterocycles. The Morgan fingerprint density at radius 3 is 2.69 bits per heavy atom. The van der Waals surface area contributed by atoms with Gasteiger partial charge in [-0.2, -0.15) is 0 Å². The number of rotatable bonds is 2. The van der Waals surface area contributed by atoms with Gasteiger partial charge in [0.15, 0.2) is 0 Å². The largest absolute Gasteiger partial charge is 0.480 e. The first-order valence-corrected chi connectivity index (χ1v) is 5.49. The fourth-order valence-corrected chi connectivity index (χ4v) is 1.59. The molecule has 1 saturated heterocycles. The van der Waals surface area contributed by atoms with E-state index in [1.165, 1.54) is 18.9 Å². The van der Waals surface area contributed by atoms with Gasteiger partial charge in [-0.15, -0.1) is 0 Å². The number of carboxylic acid groups (broad SMARTS) is 1. The van der Waals surface area contributed by atoms with Crippen LogP contribution in [0, 0.1) is 0 Å². The average molecular weight is 229 g/mol. The number of hydrogen-bond donors (Lipinski definition) is 2. The van der Waals surface area contributed by atoms with Crippen molar-refractivity contribution in [2.75, 3.05) is 33.2 Å². The molecule has 1 atom stereocenters. The maximum Gasteiger partial charge on any atom is 0.326 e. The van der Waals surface area contributed by atoms with Crippen molar-refractivity contribution in [1.82, 2.24) is 15.1 Å². The highest BCUT2D eigenvalue weighted by Gasteiger charge is 2.26. The van der Waals surface area contributed by atoms with Gasteiger partial charge in [0.05, 0.1) is 0 Å². The Bertz CT molecular complexity index is 262. The molecule has 0 aromatic carbocycles. The molecule has 92 valence electrons. The summed E-state index contributed by atoms with van der Waals surface area (Å²) in [5.74, 6) is -0.983. The minimum absolute atomic E-state index is 0.210. The van der Waals surface area contributed by atoms with Crippen LogP contribution < -0.4 is 5.32 Å². The number of hydrogen-bond acceptors (Lipinski definition) is 3. The number of amides is 2. The standard InChI is InChI=1S/C10H19N3O3/c1-8(9(14)15)12(2)10(16)13-6-3-4-11-5-7-13/h8,11H,3-7H2,1-2H3,(H,14,15). The first-order chi connectivity index (χ1) is 7.54. The summed E-state index contributed by atoms with van der Waals surface area (Å²) in [4.78, 5) is 25.7. The molecule has 1 aliphatic rings. The van der Waals surface area contributed by atoms with E-state index in [0.717, 1.165) is 19.5 Å². The van der Waals surface area contributed by atoms with E-state index in [1.807, 2.05) is 0 Å². The smallest absolute Gasteiger partial charge is 0.326 e. The molecule has 0 radical (unpaired) electrons. The van der Waals surface area contributed by atoms with Gasteiger partial charge in [0, 0.05) is 26.7 Å². The lowest BCUT2D eigenvalue weighted by Crippen LogP contribution is -2.48. The maximum absolute atomic E-state index is 12.0. The summed E-state index contributed by atoms with van der Waals surface area (Å²) >= 11 is 0. The molecule has 0 aromatic rings. The molecular formula is C10H19N3O3. The summed E-state index contributed by atoms with van der Waals surface area (Å²) in [6.07, 6.45) is 0.904. The Labute approximate surface area is 95.2 Å². The monoisotopic (exact) mass is 229 g/mol. The van der Waals surface area contributed by atoms with Crippen molar-refractivity contribution in [2.45, 2.75) is 19.4 Å². The number of carbonyl (C=O) groups is 2. The quantitative estimate of drug-likeness (QED) is 0.688. The van der Waals surface area contributed by atoms with E-state index in [1.54, 1.807) is 4.90 Å². The average Bonchev–Trinajstić information content (AvgIpc) is 2.54. The number of nitrogens with one attached hydrogen (secondary N) is 1. The van der Waals surface area contributed by atoms with Crippen LogP contribution in [-0.4, -0.2) is 66.2 Å². The summed E-state index contributed by atoms with van der Waals surface area (Å²) < 4.78 is 0. The first kappa shape index (κ1) is 12.8. The first-order valence-electron chi connectivity index (χ1n) is 5.49. The van der Waals surface area contributed by atoms with Crippen molar-refractivity contribution in [2.24, 2.45) is 0 Å². The maximum atomic E-state index is 12.0. The van der Waals surface area contributed by atoms with E-state index >= 15 is 0 Å². The number of aliphatic carboxylic acids is 1. The molecule has 6 heteroatoms. The molecule has 1 unspecified atom stereocenters. The Kier molecular flexibility index (Phi) is 4.54. The molecule has 1 rings (SSSR count). The fourth-order valence-electron chi connectivity index (χ4n) is 1.59. The highest BCUT2D eigenvalue weighted by Crippen LogP contribution is 2.04. The lowest BCUT2D eigenvalue weighted by Gasteiger charge is -2.29. The molecular weight excluding hydrogens is 210 g/mol. The molecule has 0 saturated carbocycles. The van der Waals surface area contributed by atoms with E-state index in [0.29, 0.717) is 13.1 Å². The molecule has 0 bridgehead atoms. The van der Waals surface area contributed by atoms with Crippen molar-refractivity contribution in [1.29, 1.82) is 0 Å². The van der Waals surface area contributed by atoms with Crippen LogP contribution in [0.25, 0.3) is 0 Å². The lowest BCUT2D eigenvalue weighted by molar-refractivity contribution is -0.141. The number of carbonyl (C=O) groups excluding carboxylic acids is 1. The van der Waals surface area contributed by atoms with Gasteiger partial charge in [-0.3, -0.25) is 0 Å². The minimum Gasteiger partial charge on any atom is -0.480 e. The molecule has 2 N–H and O–H groups in total. The summed E-state index contributed by atoms with van der Waals surface area (Å²) in [7, 11) is 1.53. The predicted octanol–water partition coefficient (Wildman–Crippen LogP) is -0.193. The fraction of sp³-hybridized carbons (Fsp3) is 0.800. The van der Waals surface area contributed by atoms with Crippen molar-refractivity contribution in [3.63, 3.8) is 0 Å². The van der Waals surface area contributed by atoms with Crippen LogP contribution in [0.2, 0.25) is 0 Å². The topological polar surface area (TPSA) is 72.9 Å². The van der Waals surface area contributed by atoms with Crippen LogP contribution in [0.15, 0.2) is 0 Å². The normalized spacial score (nSPS) is 18.8. The third-order valence-electron chi connectivity index (χ3n) is 2.85. The van der Waals surface area contributed by atoms with Gasteiger partial charge in [-0.1, -0.05) is 0 Å². The molecule has 1 fully saturated rings. The second kappa shape index (κ2) is 5.69. The van der Waals surface area contributed by atoms with Gasteiger partial charge < -0.3 is 20.2 Å². The van der Waals surface area contributed by atoms with Crippen LogP contribution in [-0.2, 0) is 4.79 Å². The van der Waals surface area contributed by atoms with Gasteiger partial charge in [-0.05, 0) is 19.9 Å². The van der Waals surface area contributed by atoms with Crippen LogP contribution in [0.4, 0.5) is 4.79 Å². The second-order valence-electron chi connectivity index (χ2n) is 4.00. The van der Waals surface area contributed by atoms with Gasteiger partial charge in [-0.25, -0.2) is 9.59 Å². The summed E-state index contributed by atoms with van der Waals surface area (Å²) in [5, 5.41) is 12.0. The molecule has 1 aliphatic heterocycles. The molecule has 16 heavy (non-hydrogen) atoms. The third kappa shape index (κ3) is 3.10. The highest BCUT2D eigenvalue weighted by atomic mass is 16.4. The van der Waals surface area contributed by atoms with Crippen molar-refractivity contribution < 1.29 is 14.7 Å². The van der Waals surface area contributed by atoms with Gasteiger partial charge in [0.1, 0.15) is 6.04 Å². The Morgan fingerprint density at radius 2 is 2.06 bits per heavy atom. The SMILES string of the molecule is CC(C(=O)O)N(C)C(=O)N1CCCNCC1. The Morgan fingerprint density at radius 1 is 1.38 bits per heavy atom. The zero-order chi connectivity index (χ0) is 12.1. The molecule has 2 amide bonds. The van der Waals surface area contributed by atoms with E-state index in [-0.39, 0.29) is 6.03 Å². The molecule has 0 spiro atoms. The van der Waals surface area contributed by atoms with Crippen LogP contribution in [0.1, 0.15) is 13.3 Å². The molecule has 6 nitrogen and oxygen atoms in total. The third-order valence-corrected chi connectivity index (χ3v) is 2.85. The number of nitrogens with zero attached hydrogens (tertiary/aromatic N) is 2. The van der Waals surface area contributed by atoms with Crippen molar-refractivity contribution in [3.8, 4) is 0 Å². The predicted molar refractivity (Wildman–Crippen MR) is 59.3 cm³/mol. The van der Waals surface area contributed by atoms with E-state index < -0.39 is 12.0 Å². The number of carboxylic acids is 1. The van der Waals surface area contributed by atoms with Crippen LogP contribution in [0.3, 0.4) is 0 Å². The summed E-state index contributed by atoms with van der Waals surface area (Å²) in [5.41, 5.74) is 0. The zero-order valence-corrected chi connectivity index (χ0v) is 9.77. The van der Waals surface area contributed by atoms with Gasteiger partial charge in [0.25, 0.3) is 0 Å². The minimum atomic E-state index is -0.983. The highest BCUT2D eigenvalue weighted by molar-refractivity contribution is 5.82. The van der Waals surface area contributed by atoms with E-state index in [9.17, 15) is 9.59 Å². The van der Waals surface area contributed by atoms with Crippen LogP contribution >= 0.6 is 0 Å². The summed E-state index contributed by atoms with van der Waals surface area (Å²) in [6, 6.07) is -0.998. The van der Waals surface area contributed by atoms with Crippen molar-refractivity contribution in [3.05, 3.63) is 0 Å². The van der Waals surface area contributed by atoms with E-state index in [4.69, 9.17) is 5.11 Å². The van der Waals surface area contributed by atoms with Crippen molar-refractivity contribution >= 4 is 12.0 Å². The molecule has 0 aliphatic carbocycles.